The summed E-state index contributed by atoms with van der Waals surface area (Å²) in [7, 11) is 0. The molecule has 0 bridgehead atoms. The summed E-state index contributed by atoms with van der Waals surface area (Å²) in [6.45, 7) is 6.49. The van der Waals surface area contributed by atoms with E-state index in [-0.39, 0.29) is 36.4 Å². The number of ether oxygens (including phenoxy) is 1. The van der Waals surface area contributed by atoms with Crippen LogP contribution in [0.2, 0.25) is 5.02 Å². The van der Waals surface area contributed by atoms with Gasteiger partial charge in [0.05, 0.1) is 4.47 Å². The van der Waals surface area contributed by atoms with Crippen molar-refractivity contribution >= 4 is 39.3 Å². The third-order valence-electron chi connectivity index (χ3n) is 7.36. The van der Waals surface area contributed by atoms with E-state index in [4.69, 9.17) is 16.3 Å². The molecular formula is C33H38BrClN2O3. The van der Waals surface area contributed by atoms with Crippen molar-refractivity contribution in [1.29, 1.82) is 0 Å². The summed E-state index contributed by atoms with van der Waals surface area (Å²) in [5.41, 5.74) is 2.98. The molecule has 2 amide bonds. The van der Waals surface area contributed by atoms with Gasteiger partial charge in [-0.3, -0.25) is 9.59 Å². The number of nitrogens with one attached hydrogen (secondary N) is 1. The number of carbonyl (C=O) groups is 2. The van der Waals surface area contributed by atoms with Crippen LogP contribution in [0.15, 0.2) is 77.3 Å². The maximum atomic E-state index is 13.9. The molecule has 0 aliphatic heterocycles. The monoisotopic (exact) mass is 624 g/mol. The summed E-state index contributed by atoms with van der Waals surface area (Å²) < 4.78 is 6.81. The average molecular weight is 626 g/mol. The first-order chi connectivity index (χ1) is 19.1. The fraction of sp³-hybridized carbons (Fsp3) is 0.394. The highest BCUT2D eigenvalue weighted by Gasteiger charge is 2.32. The predicted octanol–water partition coefficient (Wildman–Crippen LogP) is 7.48. The van der Waals surface area contributed by atoms with Crippen molar-refractivity contribution in [3.63, 3.8) is 0 Å². The highest BCUT2D eigenvalue weighted by atomic mass is 79.9. The Morgan fingerprint density at radius 2 is 1.70 bits per heavy atom. The molecule has 1 saturated carbocycles. The molecule has 1 fully saturated rings. The molecule has 1 aliphatic rings. The number of hydrogen-bond donors (Lipinski definition) is 1. The van der Waals surface area contributed by atoms with E-state index in [2.05, 4.69) is 42.0 Å². The number of nitrogens with zero attached hydrogens (tertiary/aromatic N) is 1. The van der Waals surface area contributed by atoms with Crippen molar-refractivity contribution in [3.8, 4) is 5.75 Å². The van der Waals surface area contributed by atoms with Crippen LogP contribution in [0.5, 0.6) is 5.75 Å². The fourth-order valence-corrected chi connectivity index (χ4v) is 5.77. The molecule has 3 aromatic carbocycles. The second-order valence-electron chi connectivity index (χ2n) is 11.5. The van der Waals surface area contributed by atoms with Crippen LogP contribution in [0.3, 0.4) is 0 Å². The second-order valence-corrected chi connectivity index (χ2v) is 12.8. The van der Waals surface area contributed by atoms with E-state index in [9.17, 15) is 9.59 Å². The minimum atomic E-state index is -0.704. The first kappa shape index (κ1) is 30.1. The van der Waals surface area contributed by atoms with Crippen molar-refractivity contribution < 1.29 is 14.3 Å². The van der Waals surface area contributed by atoms with Gasteiger partial charge in [0.25, 0.3) is 5.91 Å². The van der Waals surface area contributed by atoms with Gasteiger partial charge < -0.3 is 15.0 Å². The summed E-state index contributed by atoms with van der Waals surface area (Å²) in [6, 6.07) is 22.6. The van der Waals surface area contributed by atoms with Gasteiger partial charge in [0.15, 0.2) is 6.61 Å². The Balaban J connectivity index is 1.61. The van der Waals surface area contributed by atoms with Crippen LogP contribution >= 0.6 is 27.5 Å². The molecule has 0 unspecified atom stereocenters. The van der Waals surface area contributed by atoms with Crippen LogP contribution in [-0.2, 0) is 28.0 Å². The summed E-state index contributed by atoms with van der Waals surface area (Å²) in [4.78, 5) is 29.3. The third-order valence-corrected chi connectivity index (χ3v) is 8.22. The zero-order chi connectivity index (χ0) is 28.7. The minimum Gasteiger partial charge on any atom is -0.483 e. The lowest BCUT2D eigenvalue weighted by atomic mass is 9.87. The predicted molar refractivity (Wildman–Crippen MR) is 165 cm³/mol. The molecule has 7 heteroatoms. The van der Waals surface area contributed by atoms with E-state index in [1.165, 1.54) is 0 Å². The molecule has 0 aromatic heterocycles. The van der Waals surface area contributed by atoms with E-state index in [0.717, 1.165) is 46.8 Å². The quantitative estimate of drug-likeness (QED) is 0.254. The smallest absolute Gasteiger partial charge is 0.261 e. The standard InChI is InChI=1S/C33H38BrClN2O3/c1-33(2,3)25-16-17-30(28(34)20-25)40-22-31(38)37(21-24-12-9-13-26(35)18-24)29(19-23-10-5-4-6-11-23)32(39)36-27-14-7-8-15-27/h4-6,9-13,16-18,20,27,29H,7-8,14-15,19,21-22H2,1-3H3,(H,36,39)/t29-/m0/s1. The lowest BCUT2D eigenvalue weighted by molar-refractivity contribution is -0.143. The number of benzene rings is 3. The largest absolute Gasteiger partial charge is 0.483 e. The molecule has 1 aliphatic carbocycles. The maximum Gasteiger partial charge on any atom is 0.261 e. The lowest BCUT2D eigenvalue weighted by Gasteiger charge is -2.32. The van der Waals surface area contributed by atoms with Gasteiger partial charge in [0.2, 0.25) is 5.91 Å². The molecule has 0 saturated heterocycles. The van der Waals surface area contributed by atoms with Crippen LogP contribution < -0.4 is 10.1 Å². The molecule has 1 atom stereocenters. The molecule has 5 nitrogen and oxygen atoms in total. The summed E-state index contributed by atoms with van der Waals surface area (Å²) in [5.74, 6) is 0.176. The van der Waals surface area contributed by atoms with Gasteiger partial charge in [-0.05, 0) is 75.1 Å². The van der Waals surface area contributed by atoms with Gasteiger partial charge >= 0.3 is 0 Å². The van der Waals surface area contributed by atoms with Crippen LogP contribution in [-0.4, -0.2) is 35.4 Å². The highest BCUT2D eigenvalue weighted by molar-refractivity contribution is 9.10. The number of hydrogen-bond acceptors (Lipinski definition) is 3. The zero-order valence-corrected chi connectivity index (χ0v) is 25.8. The normalized spacial score (nSPS) is 14.5. The van der Waals surface area contributed by atoms with Gasteiger partial charge in [-0.1, -0.05) is 93.7 Å². The topological polar surface area (TPSA) is 58.6 Å². The summed E-state index contributed by atoms with van der Waals surface area (Å²) in [5, 5.41) is 3.81. The summed E-state index contributed by atoms with van der Waals surface area (Å²) >= 11 is 9.89. The fourth-order valence-electron chi connectivity index (χ4n) is 5.06. The Labute approximate surface area is 251 Å². The van der Waals surface area contributed by atoms with E-state index in [1.807, 2.05) is 66.7 Å². The van der Waals surface area contributed by atoms with Crippen molar-refractivity contribution in [2.45, 2.75) is 76.9 Å². The first-order valence-electron chi connectivity index (χ1n) is 13.9. The SMILES string of the molecule is CC(C)(C)c1ccc(OCC(=O)N(Cc2cccc(Cl)c2)[C@@H](Cc2ccccc2)C(=O)NC2CCCC2)c(Br)c1. The van der Waals surface area contributed by atoms with E-state index in [1.54, 1.807) is 11.0 Å². The molecule has 40 heavy (non-hydrogen) atoms. The molecule has 0 spiro atoms. The molecule has 1 N–H and O–H groups in total. The molecule has 0 heterocycles. The van der Waals surface area contributed by atoms with E-state index in [0.29, 0.717) is 17.2 Å². The Hall–Kier alpha value is -2.83. The maximum absolute atomic E-state index is 13.9. The molecule has 3 aromatic rings. The Morgan fingerprint density at radius 3 is 2.35 bits per heavy atom. The van der Waals surface area contributed by atoms with Gasteiger partial charge in [0, 0.05) is 24.0 Å². The van der Waals surface area contributed by atoms with Crippen LogP contribution in [0.4, 0.5) is 0 Å². The van der Waals surface area contributed by atoms with E-state index < -0.39 is 6.04 Å². The highest BCUT2D eigenvalue weighted by Crippen LogP contribution is 2.31. The third kappa shape index (κ3) is 8.34. The summed E-state index contributed by atoms with van der Waals surface area (Å²) in [6.07, 6.45) is 4.55. The molecular weight excluding hydrogens is 588 g/mol. The van der Waals surface area contributed by atoms with Gasteiger partial charge in [-0.15, -0.1) is 0 Å². The van der Waals surface area contributed by atoms with Crippen LogP contribution in [0, 0.1) is 0 Å². The van der Waals surface area contributed by atoms with Crippen LogP contribution in [0.25, 0.3) is 0 Å². The van der Waals surface area contributed by atoms with Crippen molar-refractivity contribution in [2.24, 2.45) is 0 Å². The number of halogens is 2. The van der Waals surface area contributed by atoms with Crippen molar-refractivity contribution in [1.82, 2.24) is 10.2 Å². The van der Waals surface area contributed by atoms with E-state index >= 15 is 0 Å². The minimum absolute atomic E-state index is 0.0119. The average Bonchev–Trinajstić information content (AvgIpc) is 3.43. The Bertz CT molecular complexity index is 1300. The number of amides is 2. The molecule has 0 radical (unpaired) electrons. The molecule has 212 valence electrons. The van der Waals surface area contributed by atoms with Crippen LogP contribution in [0.1, 0.15) is 63.1 Å². The van der Waals surface area contributed by atoms with Gasteiger partial charge in [0.1, 0.15) is 11.8 Å². The zero-order valence-electron chi connectivity index (χ0n) is 23.5. The van der Waals surface area contributed by atoms with Gasteiger partial charge in [-0.25, -0.2) is 0 Å². The Morgan fingerprint density at radius 1 is 1.00 bits per heavy atom. The Kier molecular flexibility index (Phi) is 10.3. The molecule has 4 rings (SSSR count). The number of carbonyl (C=O) groups excluding carboxylic acids is 2. The van der Waals surface area contributed by atoms with Gasteiger partial charge in [-0.2, -0.15) is 0 Å². The van der Waals surface area contributed by atoms with Crippen molar-refractivity contribution in [2.75, 3.05) is 6.61 Å². The first-order valence-corrected chi connectivity index (χ1v) is 15.1. The second kappa shape index (κ2) is 13.7. The lowest BCUT2D eigenvalue weighted by Crippen LogP contribution is -2.53. The van der Waals surface area contributed by atoms with Crippen molar-refractivity contribution in [3.05, 3.63) is 99.0 Å². The number of rotatable bonds is 10.